The Labute approximate surface area is 182 Å². The molecule has 1 aliphatic rings. The van der Waals surface area contributed by atoms with Gasteiger partial charge in [-0.1, -0.05) is 30.3 Å². The van der Waals surface area contributed by atoms with Crippen LogP contribution in [-0.4, -0.2) is 72.7 Å². The van der Waals surface area contributed by atoms with Gasteiger partial charge in [-0.25, -0.2) is 0 Å². The number of aliphatic carboxylic acids is 1. The molecule has 0 spiro atoms. The van der Waals surface area contributed by atoms with Crippen LogP contribution in [0.3, 0.4) is 0 Å². The molecule has 1 saturated heterocycles. The third kappa shape index (κ3) is 4.40. The van der Waals surface area contributed by atoms with E-state index in [-0.39, 0.29) is 18.2 Å². The third-order valence-corrected chi connectivity index (χ3v) is 5.34. The largest absolute Gasteiger partial charge is 0.481 e. The lowest BCUT2D eigenvalue weighted by atomic mass is 9.90. The number of hydrogen-bond acceptors (Lipinski definition) is 9. The van der Waals surface area contributed by atoms with Crippen LogP contribution in [0.4, 0.5) is 0 Å². The molecule has 32 heavy (non-hydrogen) atoms. The fourth-order valence-corrected chi connectivity index (χ4v) is 3.65. The monoisotopic (exact) mass is 442 g/mol. The number of hydrogen-bond donors (Lipinski definition) is 5. The number of rotatable bonds is 6. The molecule has 5 unspecified atom stereocenters. The second kappa shape index (κ2) is 9.15. The highest BCUT2D eigenvalue weighted by atomic mass is 16.5. The number of benzene rings is 2. The molecule has 168 valence electrons. The Morgan fingerprint density at radius 3 is 2.31 bits per heavy atom. The zero-order valence-corrected chi connectivity index (χ0v) is 16.8. The van der Waals surface area contributed by atoms with Gasteiger partial charge in [-0.15, -0.1) is 10.2 Å². The van der Waals surface area contributed by atoms with Crippen molar-refractivity contribution >= 4 is 5.97 Å². The summed E-state index contributed by atoms with van der Waals surface area (Å²) in [5, 5.41) is 56.2. The van der Waals surface area contributed by atoms with Crippen LogP contribution in [0.5, 0.6) is 0 Å². The van der Waals surface area contributed by atoms with Gasteiger partial charge in [0.15, 0.2) is 0 Å². The maximum absolute atomic E-state index is 10.8. The Balaban J connectivity index is 1.56. The van der Waals surface area contributed by atoms with E-state index in [2.05, 4.69) is 10.2 Å². The lowest BCUT2D eigenvalue weighted by molar-refractivity contribution is -0.231. The lowest BCUT2D eigenvalue weighted by Crippen LogP contribution is -2.55. The predicted molar refractivity (Wildman–Crippen MR) is 109 cm³/mol. The first-order valence-corrected chi connectivity index (χ1v) is 9.93. The van der Waals surface area contributed by atoms with Gasteiger partial charge >= 0.3 is 5.97 Å². The molecule has 0 aliphatic carbocycles. The summed E-state index contributed by atoms with van der Waals surface area (Å²) in [6, 6.07) is 14.3. The first kappa shape index (κ1) is 22.1. The molecule has 1 aliphatic heterocycles. The van der Waals surface area contributed by atoms with Crippen LogP contribution in [0.2, 0.25) is 0 Å². The quantitative estimate of drug-likeness (QED) is 0.364. The standard InChI is InChI=1S/C22H22N2O8/c25-10-15-18(28)19(29)20(30)21(31-15)14-3-1-2-13(8-14)11-4-6-12(7-5-11)22-24-23-16(32-22)9-17(26)27/h1-8,15,18-21,25,28-30H,9-10H2,(H,26,27). The number of ether oxygens (including phenoxy) is 1. The average Bonchev–Trinajstić information content (AvgIpc) is 3.26. The maximum Gasteiger partial charge on any atom is 0.312 e. The van der Waals surface area contributed by atoms with Gasteiger partial charge in [-0.2, -0.15) is 0 Å². The molecule has 3 aromatic rings. The van der Waals surface area contributed by atoms with Gasteiger partial charge in [0.2, 0.25) is 11.8 Å². The van der Waals surface area contributed by atoms with Crippen LogP contribution < -0.4 is 0 Å². The van der Waals surface area contributed by atoms with Gasteiger partial charge in [-0.05, 0) is 34.9 Å². The minimum Gasteiger partial charge on any atom is -0.481 e. The van der Waals surface area contributed by atoms with Gasteiger partial charge in [0.05, 0.1) is 6.61 Å². The Bertz CT molecular complexity index is 1080. The summed E-state index contributed by atoms with van der Waals surface area (Å²) < 4.78 is 11.0. The van der Waals surface area contributed by atoms with Crippen molar-refractivity contribution in [3.63, 3.8) is 0 Å². The molecular formula is C22H22N2O8. The highest BCUT2D eigenvalue weighted by molar-refractivity contribution is 5.69. The van der Waals surface area contributed by atoms with E-state index in [9.17, 15) is 25.2 Å². The van der Waals surface area contributed by atoms with Crippen molar-refractivity contribution in [2.45, 2.75) is 36.9 Å². The summed E-state index contributed by atoms with van der Waals surface area (Å²) in [6.07, 6.45) is -6.48. The van der Waals surface area contributed by atoms with Crippen molar-refractivity contribution in [2.24, 2.45) is 0 Å². The zero-order chi connectivity index (χ0) is 22.8. The molecule has 0 bridgehead atoms. The van der Waals surface area contributed by atoms with Crippen molar-refractivity contribution in [3.8, 4) is 22.6 Å². The first-order valence-electron chi connectivity index (χ1n) is 9.93. The van der Waals surface area contributed by atoms with Crippen molar-refractivity contribution in [1.82, 2.24) is 10.2 Å². The van der Waals surface area contributed by atoms with E-state index in [0.717, 1.165) is 11.1 Å². The number of aliphatic hydroxyl groups is 4. The second-order valence-electron chi connectivity index (χ2n) is 7.52. The number of aromatic nitrogens is 2. The van der Waals surface area contributed by atoms with Crippen LogP contribution >= 0.6 is 0 Å². The highest BCUT2D eigenvalue weighted by Gasteiger charge is 2.43. The number of carboxylic acid groups (broad SMARTS) is 1. The van der Waals surface area contributed by atoms with Crippen LogP contribution in [0.25, 0.3) is 22.6 Å². The van der Waals surface area contributed by atoms with E-state index in [1.165, 1.54) is 0 Å². The Kier molecular flexibility index (Phi) is 6.31. The van der Waals surface area contributed by atoms with E-state index in [0.29, 0.717) is 11.1 Å². The fourth-order valence-electron chi connectivity index (χ4n) is 3.65. The van der Waals surface area contributed by atoms with Crippen LogP contribution in [0.1, 0.15) is 17.6 Å². The normalized spacial score (nSPS) is 25.6. The molecule has 0 saturated carbocycles. The van der Waals surface area contributed by atoms with E-state index in [1.54, 1.807) is 30.3 Å². The first-order chi connectivity index (χ1) is 15.4. The molecule has 0 amide bonds. The van der Waals surface area contributed by atoms with E-state index in [1.807, 2.05) is 18.2 Å². The van der Waals surface area contributed by atoms with Gasteiger partial charge in [0, 0.05) is 5.56 Å². The van der Waals surface area contributed by atoms with Gasteiger partial charge in [0.25, 0.3) is 0 Å². The number of carboxylic acids is 1. The summed E-state index contributed by atoms with van der Waals surface area (Å²) in [6.45, 7) is -0.494. The maximum atomic E-state index is 10.8. The van der Waals surface area contributed by atoms with Crippen molar-refractivity contribution in [1.29, 1.82) is 0 Å². The number of nitrogens with zero attached hydrogens (tertiary/aromatic N) is 2. The lowest BCUT2D eigenvalue weighted by Gasteiger charge is -2.40. The van der Waals surface area contributed by atoms with E-state index >= 15 is 0 Å². The average molecular weight is 442 g/mol. The molecular weight excluding hydrogens is 420 g/mol. The second-order valence-corrected chi connectivity index (χ2v) is 7.52. The minimum absolute atomic E-state index is 0.0174. The number of carbonyl (C=O) groups is 1. The molecule has 1 fully saturated rings. The smallest absolute Gasteiger partial charge is 0.312 e. The summed E-state index contributed by atoms with van der Waals surface area (Å²) in [5.74, 6) is -0.832. The molecule has 2 aromatic carbocycles. The predicted octanol–water partition coefficient (Wildman–Crippen LogP) is 0.546. The van der Waals surface area contributed by atoms with Crippen molar-refractivity contribution in [3.05, 3.63) is 60.0 Å². The molecule has 2 heterocycles. The zero-order valence-electron chi connectivity index (χ0n) is 16.8. The summed E-state index contributed by atoms with van der Waals surface area (Å²) >= 11 is 0. The fraction of sp³-hybridized carbons (Fsp3) is 0.318. The molecule has 0 radical (unpaired) electrons. The Hall–Kier alpha value is -3.15. The van der Waals surface area contributed by atoms with Gasteiger partial charge in [0.1, 0.15) is 36.9 Å². The molecule has 5 atom stereocenters. The number of aliphatic hydroxyl groups excluding tert-OH is 4. The highest BCUT2D eigenvalue weighted by Crippen LogP contribution is 2.34. The Morgan fingerprint density at radius 1 is 0.906 bits per heavy atom. The summed E-state index contributed by atoms with van der Waals surface area (Å²) in [5.41, 5.74) is 2.86. The van der Waals surface area contributed by atoms with E-state index in [4.69, 9.17) is 14.3 Å². The van der Waals surface area contributed by atoms with Crippen LogP contribution in [0.15, 0.2) is 52.9 Å². The van der Waals surface area contributed by atoms with E-state index < -0.39 is 43.1 Å². The SMILES string of the molecule is O=C(O)Cc1nnc(-c2ccc(-c3cccc(C4OC(CO)C(O)C(O)C4O)c3)cc2)o1. The van der Waals surface area contributed by atoms with Gasteiger partial charge in [-0.3, -0.25) is 4.79 Å². The summed E-state index contributed by atoms with van der Waals surface area (Å²) in [7, 11) is 0. The molecule has 10 nitrogen and oxygen atoms in total. The molecule has 4 rings (SSSR count). The molecule has 10 heteroatoms. The van der Waals surface area contributed by atoms with Crippen LogP contribution in [-0.2, 0) is 16.0 Å². The third-order valence-electron chi connectivity index (χ3n) is 5.34. The van der Waals surface area contributed by atoms with Crippen molar-refractivity contribution in [2.75, 3.05) is 6.61 Å². The Morgan fingerprint density at radius 2 is 1.62 bits per heavy atom. The molecule has 5 N–H and O–H groups in total. The van der Waals surface area contributed by atoms with Crippen molar-refractivity contribution < 1.29 is 39.5 Å². The summed E-state index contributed by atoms with van der Waals surface area (Å²) in [4.78, 5) is 10.8. The van der Waals surface area contributed by atoms with Crippen LogP contribution in [0, 0.1) is 0 Å². The molecule has 1 aromatic heterocycles. The topological polar surface area (TPSA) is 166 Å². The van der Waals surface area contributed by atoms with Gasteiger partial charge < -0.3 is 34.7 Å². The minimum atomic E-state index is -1.45.